The lowest BCUT2D eigenvalue weighted by molar-refractivity contribution is 0.0154. The molecule has 2 heterocycles. The summed E-state index contributed by atoms with van der Waals surface area (Å²) in [5, 5.41) is 0. The summed E-state index contributed by atoms with van der Waals surface area (Å²) in [7, 11) is 0. The Balaban J connectivity index is 1.59. The van der Waals surface area contributed by atoms with E-state index < -0.39 is 0 Å². The Morgan fingerprint density at radius 1 is 1.19 bits per heavy atom. The van der Waals surface area contributed by atoms with Crippen LogP contribution >= 0.6 is 0 Å². The average Bonchev–Trinajstić information content (AvgIpc) is 3.05. The zero-order valence-electron chi connectivity index (χ0n) is 15.9. The van der Waals surface area contributed by atoms with Gasteiger partial charge in [0.15, 0.2) is 5.76 Å². The SMILES string of the molecule is CCc1oc(C(=O)N2CC(Oc3ccccc3)C2)cc1CN(CC)CC. The zero-order valence-corrected chi connectivity index (χ0v) is 15.9. The fourth-order valence-electron chi connectivity index (χ4n) is 3.22. The molecule has 1 saturated heterocycles. The molecule has 1 aliphatic heterocycles. The van der Waals surface area contributed by atoms with E-state index in [1.54, 1.807) is 4.90 Å². The molecule has 0 unspecified atom stereocenters. The second kappa shape index (κ2) is 8.41. The van der Waals surface area contributed by atoms with Gasteiger partial charge in [0.2, 0.25) is 0 Å². The molecule has 5 nitrogen and oxygen atoms in total. The molecule has 2 aromatic rings. The van der Waals surface area contributed by atoms with Gasteiger partial charge in [-0.1, -0.05) is 39.0 Å². The molecule has 0 aliphatic carbocycles. The number of carbonyl (C=O) groups is 1. The molecule has 0 bridgehead atoms. The normalized spacial score (nSPS) is 14.5. The summed E-state index contributed by atoms with van der Waals surface area (Å²) in [5.74, 6) is 2.16. The van der Waals surface area contributed by atoms with Crippen LogP contribution in [0.3, 0.4) is 0 Å². The molecule has 0 atom stereocenters. The Bertz CT molecular complexity index is 716. The molecular weight excluding hydrogens is 328 g/mol. The van der Waals surface area contributed by atoms with Crippen molar-refractivity contribution >= 4 is 5.91 Å². The largest absolute Gasteiger partial charge is 0.487 e. The smallest absolute Gasteiger partial charge is 0.289 e. The molecule has 1 amide bonds. The highest BCUT2D eigenvalue weighted by Gasteiger charge is 2.34. The quantitative estimate of drug-likeness (QED) is 0.725. The lowest BCUT2D eigenvalue weighted by Crippen LogP contribution is -2.56. The van der Waals surface area contributed by atoms with Crippen LogP contribution in [0.5, 0.6) is 5.75 Å². The fourth-order valence-corrected chi connectivity index (χ4v) is 3.22. The van der Waals surface area contributed by atoms with E-state index in [9.17, 15) is 4.79 Å². The minimum Gasteiger partial charge on any atom is -0.487 e. The van der Waals surface area contributed by atoms with Gasteiger partial charge in [-0.3, -0.25) is 9.69 Å². The van der Waals surface area contributed by atoms with Gasteiger partial charge in [-0.25, -0.2) is 0 Å². The number of hydrogen-bond acceptors (Lipinski definition) is 4. The van der Waals surface area contributed by atoms with E-state index >= 15 is 0 Å². The molecule has 140 valence electrons. The Labute approximate surface area is 155 Å². The fraction of sp³-hybridized carbons (Fsp3) is 0.476. The van der Waals surface area contributed by atoms with Crippen molar-refractivity contribution in [2.75, 3.05) is 26.2 Å². The van der Waals surface area contributed by atoms with Crippen molar-refractivity contribution in [1.29, 1.82) is 0 Å². The van der Waals surface area contributed by atoms with Crippen molar-refractivity contribution in [2.45, 2.75) is 39.8 Å². The van der Waals surface area contributed by atoms with Crippen LogP contribution in [0.2, 0.25) is 0 Å². The molecule has 1 aromatic heterocycles. The number of rotatable bonds is 8. The minimum atomic E-state index is -0.0431. The van der Waals surface area contributed by atoms with Crippen molar-refractivity contribution in [3.8, 4) is 5.75 Å². The van der Waals surface area contributed by atoms with Crippen molar-refractivity contribution < 1.29 is 13.9 Å². The standard InChI is InChI=1S/C21H28N2O3/c1-4-19-16(13-22(5-2)6-3)12-20(26-19)21(24)23-14-18(15-23)25-17-10-8-7-9-11-17/h7-12,18H,4-6,13-15H2,1-3H3. The monoisotopic (exact) mass is 356 g/mol. The molecule has 5 heteroatoms. The topological polar surface area (TPSA) is 45.9 Å². The second-order valence-electron chi connectivity index (χ2n) is 6.64. The number of para-hydroxylation sites is 1. The van der Waals surface area contributed by atoms with Gasteiger partial charge in [0, 0.05) is 18.5 Å². The van der Waals surface area contributed by atoms with Crippen LogP contribution in [-0.2, 0) is 13.0 Å². The van der Waals surface area contributed by atoms with E-state index in [0.717, 1.165) is 43.1 Å². The van der Waals surface area contributed by atoms with E-state index in [4.69, 9.17) is 9.15 Å². The van der Waals surface area contributed by atoms with Crippen molar-refractivity contribution in [3.63, 3.8) is 0 Å². The van der Waals surface area contributed by atoms with Gasteiger partial charge in [0.05, 0.1) is 13.1 Å². The van der Waals surface area contributed by atoms with E-state index in [2.05, 4.69) is 25.7 Å². The first-order valence-corrected chi connectivity index (χ1v) is 9.49. The van der Waals surface area contributed by atoms with E-state index in [0.29, 0.717) is 18.8 Å². The number of likely N-dealkylation sites (tertiary alicyclic amines) is 1. The van der Waals surface area contributed by atoms with Gasteiger partial charge in [0.1, 0.15) is 17.6 Å². The van der Waals surface area contributed by atoms with Crippen molar-refractivity contribution in [3.05, 3.63) is 53.5 Å². The Morgan fingerprint density at radius 2 is 1.88 bits per heavy atom. The van der Waals surface area contributed by atoms with Gasteiger partial charge in [-0.2, -0.15) is 0 Å². The lowest BCUT2D eigenvalue weighted by Gasteiger charge is -2.38. The number of hydrogen-bond donors (Lipinski definition) is 0. The minimum absolute atomic E-state index is 0.0431. The van der Waals surface area contributed by atoms with Crippen LogP contribution in [0.4, 0.5) is 0 Å². The lowest BCUT2D eigenvalue weighted by atomic mass is 10.1. The zero-order chi connectivity index (χ0) is 18.5. The highest BCUT2D eigenvalue weighted by atomic mass is 16.5. The average molecular weight is 356 g/mol. The highest BCUT2D eigenvalue weighted by molar-refractivity contribution is 5.92. The molecule has 0 N–H and O–H groups in total. The third-order valence-corrected chi connectivity index (χ3v) is 4.90. The number of amides is 1. The third kappa shape index (κ3) is 4.10. The molecule has 26 heavy (non-hydrogen) atoms. The molecular formula is C21H28N2O3. The van der Waals surface area contributed by atoms with Gasteiger partial charge in [-0.05, 0) is 31.3 Å². The molecule has 3 rings (SSSR count). The molecule has 0 spiro atoms. The first-order valence-electron chi connectivity index (χ1n) is 9.49. The maximum Gasteiger partial charge on any atom is 0.289 e. The summed E-state index contributed by atoms with van der Waals surface area (Å²) < 4.78 is 11.7. The third-order valence-electron chi connectivity index (χ3n) is 4.90. The number of ether oxygens (including phenoxy) is 1. The van der Waals surface area contributed by atoms with Crippen LogP contribution < -0.4 is 4.74 Å². The predicted octanol–water partition coefficient (Wildman–Crippen LogP) is 3.59. The van der Waals surface area contributed by atoms with Gasteiger partial charge in [0.25, 0.3) is 5.91 Å². The van der Waals surface area contributed by atoms with Crippen LogP contribution in [0, 0.1) is 0 Å². The summed E-state index contributed by atoms with van der Waals surface area (Å²) in [6, 6.07) is 11.6. The van der Waals surface area contributed by atoms with Gasteiger partial charge in [-0.15, -0.1) is 0 Å². The maximum absolute atomic E-state index is 12.7. The van der Waals surface area contributed by atoms with Crippen molar-refractivity contribution in [2.24, 2.45) is 0 Å². The first-order chi connectivity index (χ1) is 12.6. The molecule has 1 aliphatic rings. The van der Waals surface area contributed by atoms with Crippen LogP contribution in [-0.4, -0.2) is 48.0 Å². The van der Waals surface area contributed by atoms with Crippen LogP contribution in [0.1, 0.15) is 42.6 Å². The number of carbonyl (C=O) groups excluding carboxylic acids is 1. The first kappa shape index (κ1) is 18.5. The predicted molar refractivity (Wildman–Crippen MR) is 101 cm³/mol. The Kier molecular flexibility index (Phi) is 5.99. The molecule has 1 fully saturated rings. The van der Waals surface area contributed by atoms with Gasteiger partial charge < -0.3 is 14.1 Å². The Hall–Kier alpha value is -2.27. The second-order valence-corrected chi connectivity index (χ2v) is 6.64. The van der Waals surface area contributed by atoms with Crippen molar-refractivity contribution in [1.82, 2.24) is 9.80 Å². The molecule has 1 aromatic carbocycles. The van der Waals surface area contributed by atoms with E-state index in [-0.39, 0.29) is 12.0 Å². The summed E-state index contributed by atoms with van der Waals surface area (Å²) >= 11 is 0. The number of aryl methyl sites for hydroxylation is 1. The van der Waals surface area contributed by atoms with Crippen LogP contribution in [0.25, 0.3) is 0 Å². The molecule has 0 saturated carbocycles. The summed E-state index contributed by atoms with van der Waals surface area (Å²) in [6.45, 7) is 10.3. The molecule has 0 radical (unpaired) electrons. The van der Waals surface area contributed by atoms with E-state index in [1.165, 1.54) is 0 Å². The maximum atomic E-state index is 12.7. The van der Waals surface area contributed by atoms with Gasteiger partial charge >= 0.3 is 0 Å². The Morgan fingerprint density at radius 3 is 2.50 bits per heavy atom. The number of nitrogens with zero attached hydrogens (tertiary/aromatic N) is 2. The van der Waals surface area contributed by atoms with E-state index in [1.807, 2.05) is 36.4 Å². The summed E-state index contributed by atoms with van der Waals surface area (Å²) in [5.41, 5.74) is 1.12. The highest BCUT2D eigenvalue weighted by Crippen LogP contribution is 2.23. The van der Waals surface area contributed by atoms with Crippen LogP contribution in [0.15, 0.2) is 40.8 Å². The summed E-state index contributed by atoms with van der Waals surface area (Å²) in [4.78, 5) is 16.8. The number of benzene rings is 1. The summed E-state index contributed by atoms with van der Waals surface area (Å²) in [6.07, 6.45) is 0.848. The number of furan rings is 1.